The van der Waals surface area contributed by atoms with Gasteiger partial charge >= 0.3 is 0 Å². The Labute approximate surface area is 571 Å². The van der Waals surface area contributed by atoms with E-state index in [0.29, 0.717) is 5.58 Å². The predicted molar refractivity (Wildman–Crippen MR) is 407 cm³/mol. The number of aromatic nitrogens is 14. The molecule has 0 unspecified atom stereocenters. The summed E-state index contributed by atoms with van der Waals surface area (Å²) in [7, 11) is 0. The van der Waals surface area contributed by atoms with Crippen LogP contribution in [0.3, 0.4) is 0 Å². The van der Waals surface area contributed by atoms with Crippen molar-refractivity contribution < 1.29 is 8.83 Å². The van der Waals surface area contributed by atoms with Crippen LogP contribution in [0.1, 0.15) is 37.1 Å². The number of fused-ring (bicyclic) bond motifs is 21. The third-order valence-corrected chi connectivity index (χ3v) is 19.6. The zero-order chi connectivity index (χ0) is 60.7. The highest BCUT2D eigenvalue weighted by Gasteiger charge is 2.10. The lowest BCUT2D eigenvalue weighted by molar-refractivity contribution is 0.663. The molecule has 1 aromatic carbocycles. The molecule has 21 rings (SSSR count). The normalized spacial score (nSPS) is 10.5. The summed E-state index contributed by atoms with van der Waals surface area (Å²) in [6.07, 6.45) is 30.1. The van der Waals surface area contributed by atoms with Crippen LogP contribution in [0.25, 0.3) is 146 Å². The van der Waals surface area contributed by atoms with Gasteiger partial charge in [-0.15, -0.1) is 56.7 Å². The first-order chi connectivity index (χ1) is 45.1. The third kappa shape index (κ3) is 14.0. The molecular weight excluding hydrogens is 1290 g/mol. The van der Waals surface area contributed by atoms with Gasteiger partial charge in [-0.3, -0.25) is 34.9 Å². The van der Waals surface area contributed by atoms with Gasteiger partial charge in [0.05, 0.1) is 49.2 Å². The number of hydrogen-bond acceptors (Lipinski definition) is 21. The van der Waals surface area contributed by atoms with Gasteiger partial charge in [0.15, 0.2) is 22.3 Å². The van der Waals surface area contributed by atoms with Gasteiger partial charge in [0, 0.05) is 138 Å². The van der Waals surface area contributed by atoms with Gasteiger partial charge < -0.3 is 8.83 Å². The van der Waals surface area contributed by atoms with Crippen LogP contribution in [0, 0.1) is 0 Å². The van der Waals surface area contributed by atoms with E-state index in [1.54, 1.807) is 93.9 Å². The van der Waals surface area contributed by atoms with Gasteiger partial charge in [-0.05, 0) is 133 Å². The van der Waals surface area contributed by atoms with Crippen LogP contribution >= 0.6 is 56.7 Å². The van der Waals surface area contributed by atoms with Gasteiger partial charge in [0.2, 0.25) is 0 Å². The number of furan rings is 2. The Balaban J connectivity index is 0.000000121. The second-order valence-electron chi connectivity index (χ2n) is 19.7. The number of pyridine rings is 12. The van der Waals surface area contributed by atoms with E-state index < -0.39 is 0 Å². The Kier molecular flexibility index (Phi) is 22.0. The maximum atomic E-state index is 5.53. The highest BCUT2D eigenvalue weighted by molar-refractivity contribution is 7.27. The zero-order valence-corrected chi connectivity index (χ0v) is 51.4. The summed E-state index contributed by atoms with van der Waals surface area (Å²) >= 11 is 8.53. The molecule has 16 nitrogen and oxygen atoms in total. The van der Waals surface area contributed by atoms with Crippen LogP contribution in [0.2, 0.25) is 0 Å². The molecule has 0 aliphatic carbocycles. The van der Waals surface area contributed by atoms with E-state index in [4.69, 9.17) is 8.83 Å². The molecule has 96 heavy (non-hydrogen) atoms. The molecular formula is C75H62N14O2S5. The van der Waals surface area contributed by atoms with Crippen molar-refractivity contribution in [3.63, 3.8) is 0 Å². The van der Waals surface area contributed by atoms with E-state index in [9.17, 15) is 0 Å². The van der Waals surface area contributed by atoms with Gasteiger partial charge in [-0.2, -0.15) is 0 Å². The van der Waals surface area contributed by atoms with Crippen LogP contribution in [0.15, 0.2) is 266 Å². The molecule has 20 aromatic heterocycles. The topological polar surface area (TPSA) is 207 Å². The van der Waals surface area contributed by atoms with Crippen LogP contribution < -0.4 is 0 Å². The first-order valence-corrected chi connectivity index (χ1v) is 32.3. The van der Waals surface area contributed by atoms with E-state index in [-0.39, 0.29) is 37.1 Å². The Bertz CT molecular complexity index is 4690. The Morgan fingerprint density at radius 2 is 0.542 bits per heavy atom. The van der Waals surface area contributed by atoms with Gasteiger partial charge in [0.1, 0.15) is 41.5 Å². The fourth-order valence-electron chi connectivity index (χ4n) is 10.1. The van der Waals surface area contributed by atoms with Crippen molar-refractivity contribution in [1.82, 2.24) is 69.8 Å². The minimum absolute atomic E-state index is 0. The maximum Gasteiger partial charge on any atom is 0.172 e. The molecule has 0 amide bonds. The number of rotatable bonds is 0. The lowest BCUT2D eigenvalue weighted by atomic mass is 10.2. The molecule has 0 aliphatic heterocycles. The highest BCUT2D eigenvalue weighted by atomic mass is 32.1. The summed E-state index contributed by atoms with van der Waals surface area (Å²) in [5.74, 6) is 0. The fraction of sp³-hybridized carbons (Fsp3) is 0.0667. The molecule has 0 atom stereocenters. The average Bonchev–Trinajstić information content (AvgIpc) is 1.77. The zero-order valence-electron chi connectivity index (χ0n) is 47.4. The summed E-state index contributed by atoms with van der Waals surface area (Å²) in [6, 6.07) is 50.3. The van der Waals surface area contributed by atoms with Crippen LogP contribution in [-0.2, 0) is 0 Å². The van der Waals surface area contributed by atoms with Gasteiger partial charge in [0.25, 0.3) is 0 Å². The van der Waals surface area contributed by atoms with Crippen molar-refractivity contribution in [2.45, 2.75) is 37.1 Å². The monoisotopic (exact) mass is 1350 g/mol. The second kappa shape index (κ2) is 31.2. The number of hydrogen-bond donors (Lipinski definition) is 0. The molecule has 0 fully saturated rings. The maximum absolute atomic E-state index is 5.53. The molecule has 0 saturated carbocycles. The molecule has 0 saturated heterocycles. The summed E-state index contributed by atoms with van der Waals surface area (Å²) in [5.41, 5.74) is 7.99. The second-order valence-corrected chi connectivity index (χ2v) is 24.9. The van der Waals surface area contributed by atoms with E-state index in [2.05, 4.69) is 143 Å². The first kappa shape index (κ1) is 67.7. The summed E-state index contributed by atoms with van der Waals surface area (Å²) in [4.78, 5) is 64.3. The molecule has 0 radical (unpaired) electrons. The van der Waals surface area contributed by atoms with Crippen LogP contribution in [0.4, 0.5) is 0 Å². The number of benzene rings is 1. The summed E-state index contributed by atoms with van der Waals surface area (Å²) < 4.78 is 17.2. The smallest absolute Gasteiger partial charge is 0.172 e. The molecule has 0 bridgehead atoms. The van der Waals surface area contributed by atoms with Gasteiger partial charge in [-0.25, -0.2) is 34.9 Å². The molecule has 21 aromatic rings. The standard InChI is InChI=1S/C11H7NS.C10H6N2O.4C10H6N2S.C9H5N3O.5CH4/c1-2-6-10-8(4-1)9-5-3-7-12-11(9)13-10;1-2-8-10(12-4-1)7-3-5-11-6-9(7)13-8;3*1-3-7-9-8(4-2-5-11-9)13-10(7)12-6-1;1-2-7-8-6-11-5-3-9(8)13-10(7)12-4-1;1-2-10-3-7-6(1)9-8(13-7)4-11-5-12-9;;;;;/h1-7H;5*1-6H;1-5H;5*1H4. The predicted octanol–water partition coefficient (Wildman–Crippen LogP) is 22.2. The largest absolute Gasteiger partial charge is 0.453 e. The lowest BCUT2D eigenvalue weighted by Gasteiger charge is -1.87. The lowest BCUT2D eigenvalue weighted by Crippen LogP contribution is -1.75. The average molecular weight is 1350 g/mol. The van der Waals surface area contributed by atoms with E-state index >= 15 is 0 Å². The molecule has 21 heteroatoms. The fourth-order valence-corrected chi connectivity index (χ4v) is 15.2. The SMILES string of the molecule is C.C.C.C.C.c1cc2c(cn1)oc1cncnc12.c1ccc2c(c1)sc1ncccc12.c1cnc2c(c1)oc1cnccc12.c1cnc2c(c1)sc1ncccc12.c1cnc2c(c1)sc1ncccc12.c1cnc2c(c1)sc1ncccc12.c1cnc2sc3ccncc3c2c1. The van der Waals surface area contributed by atoms with E-state index in [0.717, 1.165) is 95.4 Å². The molecule has 474 valence electrons. The van der Waals surface area contributed by atoms with E-state index in [1.165, 1.54) is 51.4 Å². The molecule has 0 spiro atoms. The van der Waals surface area contributed by atoms with E-state index in [1.807, 2.05) is 141 Å². The quantitative estimate of drug-likeness (QED) is 0.138. The van der Waals surface area contributed by atoms with Crippen LogP contribution in [0.5, 0.6) is 0 Å². The Hall–Kier alpha value is -11.2. The van der Waals surface area contributed by atoms with Crippen molar-refractivity contribution in [2.24, 2.45) is 0 Å². The summed E-state index contributed by atoms with van der Waals surface area (Å²) in [5, 5.41) is 10.5. The van der Waals surface area contributed by atoms with Crippen molar-refractivity contribution in [3.05, 3.63) is 257 Å². The number of nitrogens with zero attached hydrogens (tertiary/aromatic N) is 14. The third-order valence-electron chi connectivity index (χ3n) is 14.2. The first-order valence-electron chi connectivity index (χ1n) is 28.2. The molecule has 0 N–H and O–H groups in total. The van der Waals surface area contributed by atoms with Crippen molar-refractivity contribution in [2.75, 3.05) is 0 Å². The van der Waals surface area contributed by atoms with Crippen molar-refractivity contribution >= 4 is 203 Å². The Morgan fingerprint density at radius 1 is 0.208 bits per heavy atom. The summed E-state index contributed by atoms with van der Waals surface area (Å²) in [6.45, 7) is 0. The van der Waals surface area contributed by atoms with Crippen LogP contribution in [-0.4, -0.2) is 69.8 Å². The highest BCUT2D eigenvalue weighted by Crippen LogP contribution is 2.35. The Morgan fingerprint density at radius 3 is 1.05 bits per heavy atom. The number of thiophene rings is 5. The molecule has 20 heterocycles. The van der Waals surface area contributed by atoms with Crippen molar-refractivity contribution in [1.29, 1.82) is 0 Å². The van der Waals surface area contributed by atoms with Gasteiger partial charge in [-0.1, -0.05) is 55.3 Å². The van der Waals surface area contributed by atoms with Crippen molar-refractivity contribution in [3.8, 4) is 0 Å². The minimum atomic E-state index is 0. The minimum Gasteiger partial charge on any atom is -0.453 e. The molecule has 0 aliphatic rings.